The molecule has 0 aliphatic carbocycles. The van der Waals surface area contributed by atoms with Crippen LogP contribution < -0.4 is 5.73 Å². The van der Waals surface area contributed by atoms with Gasteiger partial charge >= 0.3 is 0 Å². The Morgan fingerprint density at radius 1 is 1.22 bits per heavy atom. The number of rotatable bonds is 3. The molecule has 1 aromatic carbocycles. The Hall–Kier alpha value is -1.91. The van der Waals surface area contributed by atoms with Crippen LogP contribution in [0.5, 0.6) is 0 Å². The third kappa shape index (κ3) is 2.50. The van der Waals surface area contributed by atoms with Gasteiger partial charge in [-0.25, -0.2) is 13.5 Å². The first-order valence-corrected chi connectivity index (χ1v) is 5.77. The summed E-state index contributed by atoms with van der Waals surface area (Å²) in [5, 5.41) is 4.29. The molecule has 5 heteroatoms. The predicted octanol–water partition coefficient (Wildman–Crippen LogP) is 2.93. The van der Waals surface area contributed by atoms with E-state index in [1.165, 1.54) is 10.7 Å². The van der Waals surface area contributed by atoms with Crippen molar-refractivity contribution >= 4 is 5.82 Å². The number of benzene rings is 1. The average Bonchev–Trinajstić information content (AvgIpc) is 2.62. The van der Waals surface area contributed by atoms with Crippen LogP contribution in [0.4, 0.5) is 14.6 Å². The Balaban J connectivity index is 2.38. The molecule has 0 aliphatic heterocycles. The fraction of sp³-hybridized carbons (Fsp3) is 0.308. The van der Waals surface area contributed by atoms with Crippen LogP contribution in [-0.2, 0) is 6.42 Å². The fourth-order valence-electron chi connectivity index (χ4n) is 1.79. The number of hydrogen-bond donors (Lipinski definition) is 1. The van der Waals surface area contributed by atoms with Crippen molar-refractivity contribution in [1.82, 2.24) is 9.78 Å². The van der Waals surface area contributed by atoms with Crippen molar-refractivity contribution in [3.05, 3.63) is 41.6 Å². The van der Waals surface area contributed by atoms with E-state index in [-0.39, 0.29) is 0 Å². The Morgan fingerprint density at radius 2 is 1.94 bits per heavy atom. The van der Waals surface area contributed by atoms with Crippen molar-refractivity contribution in [2.45, 2.75) is 20.3 Å². The number of nitrogens with zero attached hydrogens (tertiary/aromatic N) is 2. The minimum Gasteiger partial charge on any atom is -0.384 e. The van der Waals surface area contributed by atoms with Gasteiger partial charge in [0.1, 0.15) is 5.82 Å². The SMILES string of the molecule is CC(C)Cc1cc(N)n(-c2ccc(F)c(F)c2)n1. The van der Waals surface area contributed by atoms with Gasteiger partial charge in [-0.2, -0.15) is 5.10 Å². The summed E-state index contributed by atoms with van der Waals surface area (Å²) < 4.78 is 27.4. The first-order valence-electron chi connectivity index (χ1n) is 5.77. The van der Waals surface area contributed by atoms with E-state index in [0.717, 1.165) is 24.2 Å². The minimum atomic E-state index is -0.909. The molecule has 2 rings (SSSR count). The van der Waals surface area contributed by atoms with Crippen LogP contribution in [0.1, 0.15) is 19.5 Å². The molecule has 0 saturated heterocycles. The van der Waals surface area contributed by atoms with Crippen LogP contribution in [0.3, 0.4) is 0 Å². The zero-order chi connectivity index (χ0) is 13.3. The Bertz CT molecular complexity index is 561. The van der Waals surface area contributed by atoms with Crippen LogP contribution in [0.15, 0.2) is 24.3 Å². The smallest absolute Gasteiger partial charge is 0.160 e. The van der Waals surface area contributed by atoms with E-state index >= 15 is 0 Å². The monoisotopic (exact) mass is 251 g/mol. The highest BCUT2D eigenvalue weighted by Gasteiger charge is 2.10. The fourth-order valence-corrected chi connectivity index (χ4v) is 1.79. The molecule has 0 spiro atoms. The van der Waals surface area contributed by atoms with E-state index in [9.17, 15) is 8.78 Å². The maximum absolute atomic E-state index is 13.2. The van der Waals surface area contributed by atoms with Crippen molar-refractivity contribution in [1.29, 1.82) is 0 Å². The van der Waals surface area contributed by atoms with Gasteiger partial charge < -0.3 is 5.73 Å². The summed E-state index contributed by atoms with van der Waals surface area (Å²) in [6, 6.07) is 5.34. The van der Waals surface area contributed by atoms with E-state index in [4.69, 9.17) is 5.73 Å². The van der Waals surface area contributed by atoms with Gasteiger partial charge in [0, 0.05) is 12.1 Å². The van der Waals surface area contributed by atoms with Crippen LogP contribution in [0.2, 0.25) is 0 Å². The molecule has 0 aliphatic rings. The third-order valence-corrected chi connectivity index (χ3v) is 2.55. The number of anilines is 1. The van der Waals surface area contributed by atoms with Gasteiger partial charge in [0.05, 0.1) is 11.4 Å². The summed E-state index contributed by atoms with van der Waals surface area (Å²) in [5.74, 6) is -0.922. The quantitative estimate of drug-likeness (QED) is 0.911. The molecule has 0 bridgehead atoms. The molecule has 1 heterocycles. The summed E-state index contributed by atoms with van der Waals surface area (Å²) >= 11 is 0. The van der Waals surface area contributed by atoms with E-state index in [0.29, 0.717) is 17.4 Å². The Kier molecular flexibility index (Phi) is 3.32. The van der Waals surface area contributed by atoms with Crippen molar-refractivity contribution in [2.24, 2.45) is 5.92 Å². The second-order valence-corrected chi connectivity index (χ2v) is 4.67. The second-order valence-electron chi connectivity index (χ2n) is 4.67. The molecule has 0 amide bonds. The summed E-state index contributed by atoms with van der Waals surface area (Å²) in [5.41, 5.74) is 7.08. The standard InChI is InChI=1S/C13H15F2N3/c1-8(2)5-9-6-13(16)18(17-9)10-3-4-11(14)12(15)7-10/h3-4,6-8H,5,16H2,1-2H3. The molecule has 2 N–H and O–H groups in total. The number of nitrogens with two attached hydrogens (primary N) is 1. The van der Waals surface area contributed by atoms with E-state index in [1.54, 1.807) is 6.07 Å². The van der Waals surface area contributed by atoms with Gasteiger partial charge in [0.25, 0.3) is 0 Å². The van der Waals surface area contributed by atoms with Crippen LogP contribution >= 0.6 is 0 Å². The highest BCUT2D eigenvalue weighted by atomic mass is 19.2. The lowest BCUT2D eigenvalue weighted by atomic mass is 10.1. The second kappa shape index (κ2) is 4.76. The van der Waals surface area contributed by atoms with Crippen molar-refractivity contribution in [2.75, 3.05) is 5.73 Å². The molecule has 18 heavy (non-hydrogen) atoms. The molecule has 0 fully saturated rings. The molecular formula is C13H15F2N3. The topological polar surface area (TPSA) is 43.8 Å². The summed E-state index contributed by atoms with van der Waals surface area (Å²) in [6.07, 6.45) is 0.793. The van der Waals surface area contributed by atoms with Crippen molar-refractivity contribution in [3.8, 4) is 5.69 Å². The highest BCUT2D eigenvalue weighted by Crippen LogP contribution is 2.18. The maximum Gasteiger partial charge on any atom is 0.160 e. The first-order chi connectivity index (χ1) is 8.47. The molecule has 0 unspecified atom stereocenters. The third-order valence-electron chi connectivity index (χ3n) is 2.55. The van der Waals surface area contributed by atoms with Gasteiger partial charge in [-0.15, -0.1) is 0 Å². The van der Waals surface area contributed by atoms with Gasteiger partial charge in [0.15, 0.2) is 11.6 Å². The van der Waals surface area contributed by atoms with Gasteiger partial charge in [-0.3, -0.25) is 0 Å². The lowest BCUT2D eigenvalue weighted by Crippen LogP contribution is -2.03. The van der Waals surface area contributed by atoms with Gasteiger partial charge in [0.2, 0.25) is 0 Å². The highest BCUT2D eigenvalue weighted by molar-refractivity contribution is 5.43. The first kappa shape index (κ1) is 12.5. The maximum atomic E-state index is 13.2. The lowest BCUT2D eigenvalue weighted by molar-refractivity contribution is 0.507. The predicted molar refractivity (Wildman–Crippen MR) is 66.4 cm³/mol. The molecule has 96 valence electrons. The molecule has 1 aromatic heterocycles. The van der Waals surface area contributed by atoms with Crippen molar-refractivity contribution < 1.29 is 8.78 Å². The summed E-state index contributed by atoms with van der Waals surface area (Å²) in [4.78, 5) is 0. The Morgan fingerprint density at radius 3 is 2.56 bits per heavy atom. The zero-order valence-electron chi connectivity index (χ0n) is 10.3. The molecule has 0 atom stereocenters. The number of aromatic nitrogens is 2. The van der Waals surface area contributed by atoms with Crippen LogP contribution in [0.25, 0.3) is 5.69 Å². The number of nitrogen functional groups attached to an aromatic ring is 1. The molecule has 2 aromatic rings. The lowest BCUT2D eigenvalue weighted by Gasteiger charge is -2.04. The van der Waals surface area contributed by atoms with Crippen molar-refractivity contribution in [3.63, 3.8) is 0 Å². The van der Waals surface area contributed by atoms with Gasteiger partial charge in [-0.05, 0) is 24.5 Å². The molecule has 3 nitrogen and oxygen atoms in total. The van der Waals surface area contributed by atoms with E-state index < -0.39 is 11.6 Å². The number of hydrogen-bond acceptors (Lipinski definition) is 2. The molecule has 0 saturated carbocycles. The minimum absolute atomic E-state index is 0.414. The van der Waals surface area contributed by atoms with E-state index in [2.05, 4.69) is 18.9 Å². The summed E-state index contributed by atoms with van der Waals surface area (Å²) in [6.45, 7) is 4.15. The molecule has 0 radical (unpaired) electrons. The number of halogens is 2. The van der Waals surface area contributed by atoms with Crippen LogP contribution in [0, 0.1) is 17.6 Å². The molecular weight excluding hydrogens is 236 g/mol. The largest absolute Gasteiger partial charge is 0.384 e. The van der Waals surface area contributed by atoms with E-state index in [1.807, 2.05) is 0 Å². The Labute approximate surface area is 104 Å². The zero-order valence-corrected chi connectivity index (χ0v) is 10.3. The average molecular weight is 251 g/mol. The van der Waals surface area contributed by atoms with Crippen LogP contribution in [-0.4, -0.2) is 9.78 Å². The normalized spacial score (nSPS) is 11.2. The summed E-state index contributed by atoms with van der Waals surface area (Å²) in [7, 11) is 0. The van der Waals surface area contributed by atoms with Gasteiger partial charge in [-0.1, -0.05) is 13.8 Å².